The van der Waals surface area contributed by atoms with Crippen LogP contribution in [-0.2, 0) is 16.9 Å². The van der Waals surface area contributed by atoms with Crippen LogP contribution in [-0.4, -0.2) is 35.5 Å². The monoisotopic (exact) mass is 242 g/mol. The lowest BCUT2D eigenvalue weighted by Gasteiger charge is -2.06. The fourth-order valence-electron chi connectivity index (χ4n) is 2.05. The molecule has 5 nitrogen and oxygen atoms in total. The van der Waals surface area contributed by atoms with Gasteiger partial charge in [-0.25, -0.2) is 8.42 Å². The molecule has 1 atom stereocenters. The fourth-order valence-corrected chi connectivity index (χ4v) is 3.91. The van der Waals surface area contributed by atoms with Crippen molar-refractivity contribution >= 4 is 15.6 Å². The molecule has 1 aliphatic rings. The fraction of sp³-hybridized carbons (Fsp3) is 0.600. The molecule has 6 heteroatoms. The molecule has 0 spiro atoms. The van der Waals surface area contributed by atoms with Gasteiger partial charge in [-0.05, 0) is 18.4 Å². The highest BCUT2D eigenvalue weighted by molar-refractivity contribution is 7.91. The first kappa shape index (κ1) is 11.3. The van der Waals surface area contributed by atoms with E-state index in [2.05, 4.69) is 5.10 Å². The Balaban J connectivity index is 2.02. The summed E-state index contributed by atoms with van der Waals surface area (Å²) in [5, 5.41) is 3.92. The lowest BCUT2D eigenvalue weighted by Crippen LogP contribution is -2.13. The number of hydrogen-bond acceptors (Lipinski definition) is 4. The Hall–Kier alpha value is -1.17. The van der Waals surface area contributed by atoms with E-state index in [4.69, 9.17) is 0 Å². The van der Waals surface area contributed by atoms with Crippen molar-refractivity contribution in [3.05, 3.63) is 18.0 Å². The van der Waals surface area contributed by atoms with Crippen molar-refractivity contribution in [1.29, 1.82) is 0 Å². The highest BCUT2D eigenvalue weighted by atomic mass is 32.2. The maximum absolute atomic E-state index is 11.8. The highest BCUT2D eigenvalue weighted by Gasteiger charge is 2.30. The van der Waals surface area contributed by atoms with Crippen molar-refractivity contribution in [3.8, 4) is 0 Å². The Morgan fingerprint density at radius 1 is 1.62 bits per heavy atom. The SMILES string of the molecule is Cn1nccc1C(=O)CC1CCS(=O)(=O)C1. The average molecular weight is 242 g/mol. The first-order chi connectivity index (χ1) is 7.48. The maximum Gasteiger partial charge on any atom is 0.181 e. The molecule has 1 saturated heterocycles. The molecule has 1 fully saturated rings. The molecular formula is C10H14N2O3S. The predicted molar refractivity (Wildman–Crippen MR) is 58.9 cm³/mol. The van der Waals surface area contributed by atoms with Gasteiger partial charge in [0.15, 0.2) is 15.6 Å². The summed E-state index contributed by atoms with van der Waals surface area (Å²) in [5.41, 5.74) is 0.546. The molecule has 1 unspecified atom stereocenters. The van der Waals surface area contributed by atoms with Crippen molar-refractivity contribution in [2.24, 2.45) is 13.0 Å². The zero-order valence-corrected chi connectivity index (χ0v) is 9.90. The lowest BCUT2D eigenvalue weighted by atomic mass is 10.0. The van der Waals surface area contributed by atoms with E-state index < -0.39 is 9.84 Å². The van der Waals surface area contributed by atoms with Gasteiger partial charge < -0.3 is 0 Å². The second-order valence-electron chi connectivity index (χ2n) is 4.24. The third kappa shape index (κ3) is 2.32. The number of aromatic nitrogens is 2. The molecule has 0 bridgehead atoms. The minimum atomic E-state index is -2.89. The molecule has 0 saturated carbocycles. The van der Waals surface area contributed by atoms with Crippen LogP contribution in [0.2, 0.25) is 0 Å². The summed E-state index contributed by atoms with van der Waals surface area (Å²) >= 11 is 0. The van der Waals surface area contributed by atoms with Gasteiger partial charge in [0.05, 0.1) is 11.5 Å². The van der Waals surface area contributed by atoms with Crippen LogP contribution < -0.4 is 0 Å². The number of aryl methyl sites for hydroxylation is 1. The summed E-state index contributed by atoms with van der Waals surface area (Å²) in [6, 6.07) is 1.66. The van der Waals surface area contributed by atoms with Crippen molar-refractivity contribution in [2.75, 3.05) is 11.5 Å². The molecule has 1 aromatic rings. The number of carbonyl (C=O) groups excluding carboxylic acids is 1. The Bertz CT molecular complexity index is 504. The van der Waals surface area contributed by atoms with E-state index in [1.165, 1.54) is 4.68 Å². The maximum atomic E-state index is 11.8. The summed E-state index contributed by atoms with van der Waals surface area (Å²) in [6.45, 7) is 0. The largest absolute Gasteiger partial charge is 0.292 e. The molecule has 0 amide bonds. The predicted octanol–water partition coefficient (Wildman–Crippen LogP) is 0.428. The number of carbonyl (C=O) groups is 1. The van der Waals surface area contributed by atoms with Gasteiger partial charge in [-0.3, -0.25) is 9.48 Å². The summed E-state index contributed by atoms with van der Waals surface area (Å²) in [7, 11) is -1.19. The molecule has 0 N–H and O–H groups in total. The second-order valence-corrected chi connectivity index (χ2v) is 6.47. The lowest BCUT2D eigenvalue weighted by molar-refractivity contribution is 0.0956. The summed E-state index contributed by atoms with van der Waals surface area (Å²) in [5.74, 6) is 0.321. The molecular weight excluding hydrogens is 228 g/mol. The van der Waals surface area contributed by atoms with E-state index in [-0.39, 0.29) is 23.2 Å². The molecule has 16 heavy (non-hydrogen) atoms. The van der Waals surface area contributed by atoms with E-state index >= 15 is 0 Å². The van der Waals surface area contributed by atoms with Gasteiger partial charge in [-0.15, -0.1) is 0 Å². The standard InChI is InChI=1S/C10H14N2O3S/c1-12-9(2-4-11-12)10(13)6-8-3-5-16(14,15)7-8/h2,4,8H,3,5-7H2,1H3. The number of sulfone groups is 1. The zero-order chi connectivity index (χ0) is 11.8. The Morgan fingerprint density at radius 3 is 2.88 bits per heavy atom. The highest BCUT2D eigenvalue weighted by Crippen LogP contribution is 2.23. The van der Waals surface area contributed by atoms with Crippen molar-refractivity contribution in [3.63, 3.8) is 0 Å². The van der Waals surface area contributed by atoms with Crippen molar-refractivity contribution < 1.29 is 13.2 Å². The van der Waals surface area contributed by atoms with E-state index in [0.717, 1.165) is 0 Å². The molecule has 0 aliphatic carbocycles. The van der Waals surface area contributed by atoms with E-state index in [1.54, 1.807) is 19.3 Å². The summed E-state index contributed by atoms with van der Waals surface area (Å²) in [4.78, 5) is 11.8. The van der Waals surface area contributed by atoms with E-state index in [9.17, 15) is 13.2 Å². The van der Waals surface area contributed by atoms with Gasteiger partial charge in [0.1, 0.15) is 5.69 Å². The molecule has 1 aromatic heterocycles. The third-order valence-electron chi connectivity index (χ3n) is 2.91. The van der Waals surface area contributed by atoms with E-state index in [1.807, 2.05) is 0 Å². The van der Waals surface area contributed by atoms with Gasteiger partial charge in [0, 0.05) is 19.7 Å². The van der Waals surface area contributed by atoms with E-state index in [0.29, 0.717) is 18.5 Å². The average Bonchev–Trinajstić information content (AvgIpc) is 2.72. The number of hydrogen-bond donors (Lipinski definition) is 0. The topological polar surface area (TPSA) is 69.0 Å². The van der Waals surface area contributed by atoms with Crippen LogP contribution in [0.4, 0.5) is 0 Å². The van der Waals surface area contributed by atoms with Crippen molar-refractivity contribution in [2.45, 2.75) is 12.8 Å². The van der Waals surface area contributed by atoms with Crippen LogP contribution in [0.15, 0.2) is 12.3 Å². The molecule has 1 aliphatic heterocycles. The zero-order valence-electron chi connectivity index (χ0n) is 9.09. The third-order valence-corrected chi connectivity index (χ3v) is 4.74. The quantitative estimate of drug-likeness (QED) is 0.721. The van der Waals surface area contributed by atoms with Crippen LogP contribution in [0, 0.1) is 5.92 Å². The molecule has 88 valence electrons. The smallest absolute Gasteiger partial charge is 0.181 e. The summed E-state index contributed by atoms with van der Waals surface area (Å²) in [6.07, 6.45) is 2.48. The van der Waals surface area contributed by atoms with Gasteiger partial charge in [-0.2, -0.15) is 5.10 Å². The Labute approximate surface area is 94.4 Å². The van der Waals surface area contributed by atoms with Crippen LogP contribution >= 0.6 is 0 Å². The molecule has 0 radical (unpaired) electrons. The normalized spacial score (nSPS) is 23.4. The minimum absolute atomic E-state index is 0.0209. The Kier molecular flexibility index (Phi) is 2.84. The number of rotatable bonds is 3. The van der Waals surface area contributed by atoms with Gasteiger partial charge >= 0.3 is 0 Å². The van der Waals surface area contributed by atoms with Crippen LogP contribution in [0.5, 0.6) is 0 Å². The van der Waals surface area contributed by atoms with Gasteiger partial charge in [0.25, 0.3) is 0 Å². The number of ketones is 1. The van der Waals surface area contributed by atoms with Gasteiger partial charge in [-0.1, -0.05) is 0 Å². The first-order valence-corrected chi connectivity index (χ1v) is 7.02. The number of Topliss-reactive ketones (excluding diaryl/α,β-unsaturated/α-hetero) is 1. The first-order valence-electron chi connectivity index (χ1n) is 5.19. The molecule has 2 rings (SSSR count). The Morgan fingerprint density at radius 2 is 2.38 bits per heavy atom. The minimum Gasteiger partial charge on any atom is -0.292 e. The van der Waals surface area contributed by atoms with Crippen LogP contribution in [0.25, 0.3) is 0 Å². The van der Waals surface area contributed by atoms with Gasteiger partial charge in [0.2, 0.25) is 0 Å². The second kappa shape index (κ2) is 4.01. The number of nitrogens with zero attached hydrogens (tertiary/aromatic N) is 2. The van der Waals surface area contributed by atoms with Crippen LogP contribution in [0.3, 0.4) is 0 Å². The molecule has 2 heterocycles. The summed E-state index contributed by atoms with van der Waals surface area (Å²) < 4.78 is 24.0. The molecule has 0 aromatic carbocycles. The van der Waals surface area contributed by atoms with Crippen LogP contribution in [0.1, 0.15) is 23.3 Å². The van der Waals surface area contributed by atoms with Crippen molar-refractivity contribution in [1.82, 2.24) is 9.78 Å².